The van der Waals surface area contributed by atoms with Crippen molar-refractivity contribution >= 4 is 11.3 Å². The lowest BCUT2D eigenvalue weighted by Gasteiger charge is -2.16. The molecule has 0 spiro atoms. The Hall–Kier alpha value is -1.26. The van der Waals surface area contributed by atoms with Crippen LogP contribution in [0.15, 0.2) is 24.3 Å². The van der Waals surface area contributed by atoms with Gasteiger partial charge in [-0.05, 0) is 50.2 Å². The molecule has 4 heteroatoms. The first-order valence-electron chi connectivity index (χ1n) is 5.71. The van der Waals surface area contributed by atoms with Crippen LogP contribution in [-0.4, -0.2) is 7.05 Å². The van der Waals surface area contributed by atoms with Crippen molar-refractivity contribution in [3.05, 3.63) is 56.8 Å². The van der Waals surface area contributed by atoms with Crippen molar-refractivity contribution in [2.24, 2.45) is 0 Å². The molecule has 0 aliphatic rings. The Morgan fingerprint density at radius 1 is 1.06 bits per heavy atom. The van der Waals surface area contributed by atoms with Gasteiger partial charge in [0.05, 0.1) is 6.04 Å². The Morgan fingerprint density at radius 2 is 1.67 bits per heavy atom. The van der Waals surface area contributed by atoms with E-state index in [1.807, 2.05) is 13.8 Å². The van der Waals surface area contributed by atoms with E-state index in [-0.39, 0.29) is 6.04 Å². The van der Waals surface area contributed by atoms with Gasteiger partial charge in [0.15, 0.2) is 0 Å². The van der Waals surface area contributed by atoms with Gasteiger partial charge in [0.2, 0.25) is 0 Å². The zero-order chi connectivity index (χ0) is 13.3. The third kappa shape index (κ3) is 2.60. The summed E-state index contributed by atoms with van der Waals surface area (Å²) in [5.41, 5.74) is 1.75. The molecule has 2 aromatic rings. The molecule has 1 N–H and O–H groups in total. The highest BCUT2D eigenvalue weighted by atomic mass is 32.1. The van der Waals surface area contributed by atoms with Crippen molar-refractivity contribution in [1.29, 1.82) is 0 Å². The SMILES string of the molecule is CNC(c1cc(F)cc(F)c1)c1sc(C)cc1C. The Bertz CT molecular complexity index is 543. The minimum Gasteiger partial charge on any atom is -0.309 e. The molecule has 0 aliphatic heterocycles. The Morgan fingerprint density at radius 3 is 2.11 bits per heavy atom. The number of benzene rings is 1. The molecule has 1 unspecified atom stereocenters. The molecule has 0 fully saturated rings. The van der Waals surface area contributed by atoms with Crippen LogP contribution < -0.4 is 5.32 Å². The van der Waals surface area contributed by atoms with Crippen molar-refractivity contribution in [3.63, 3.8) is 0 Å². The van der Waals surface area contributed by atoms with Crippen molar-refractivity contribution in [2.45, 2.75) is 19.9 Å². The van der Waals surface area contributed by atoms with Crippen LogP contribution in [0.3, 0.4) is 0 Å². The summed E-state index contributed by atoms with van der Waals surface area (Å²) in [6, 6.07) is 5.55. The largest absolute Gasteiger partial charge is 0.309 e. The molecule has 0 saturated carbocycles. The number of thiophene rings is 1. The van der Waals surface area contributed by atoms with E-state index < -0.39 is 11.6 Å². The second-order valence-electron chi connectivity index (χ2n) is 4.33. The van der Waals surface area contributed by atoms with Gasteiger partial charge in [0.25, 0.3) is 0 Å². The van der Waals surface area contributed by atoms with Crippen LogP contribution in [-0.2, 0) is 0 Å². The summed E-state index contributed by atoms with van der Waals surface area (Å²) in [6.07, 6.45) is 0. The summed E-state index contributed by atoms with van der Waals surface area (Å²) in [7, 11) is 1.79. The zero-order valence-electron chi connectivity index (χ0n) is 10.6. The summed E-state index contributed by atoms with van der Waals surface area (Å²) in [6.45, 7) is 4.04. The van der Waals surface area contributed by atoms with Crippen LogP contribution in [0.25, 0.3) is 0 Å². The second kappa shape index (κ2) is 5.16. The fourth-order valence-corrected chi connectivity index (χ4v) is 3.31. The highest BCUT2D eigenvalue weighted by Crippen LogP contribution is 2.32. The minimum atomic E-state index is -0.545. The fourth-order valence-electron chi connectivity index (χ4n) is 2.14. The first-order valence-corrected chi connectivity index (χ1v) is 6.53. The lowest BCUT2D eigenvalue weighted by molar-refractivity contribution is 0.572. The first kappa shape index (κ1) is 13.2. The lowest BCUT2D eigenvalue weighted by atomic mass is 10.0. The summed E-state index contributed by atoms with van der Waals surface area (Å²) >= 11 is 1.65. The topological polar surface area (TPSA) is 12.0 Å². The quantitative estimate of drug-likeness (QED) is 0.887. The van der Waals surface area contributed by atoms with Crippen molar-refractivity contribution in [1.82, 2.24) is 5.32 Å². The van der Waals surface area contributed by atoms with Crippen LogP contribution in [0.5, 0.6) is 0 Å². The van der Waals surface area contributed by atoms with Crippen LogP contribution in [0.2, 0.25) is 0 Å². The standard InChI is InChI=1S/C14H15F2NS/c1-8-4-9(2)18-14(8)13(17-3)10-5-11(15)7-12(16)6-10/h4-7,13,17H,1-3H3. The smallest absolute Gasteiger partial charge is 0.126 e. The molecule has 0 amide bonds. The molecule has 1 aromatic heterocycles. The molecule has 0 radical (unpaired) electrons. The third-order valence-electron chi connectivity index (χ3n) is 2.85. The Kier molecular flexibility index (Phi) is 3.78. The first-order chi connectivity index (χ1) is 8.51. The molecule has 18 heavy (non-hydrogen) atoms. The van der Waals surface area contributed by atoms with Gasteiger partial charge >= 0.3 is 0 Å². The molecule has 1 nitrogen and oxygen atoms in total. The zero-order valence-corrected chi connectivity index (χ0v) is 11.4. The Balaban J connectivity index is 2.48. The van der Waals surface area contributed by atoms with Gasteiger partial charge in [-0.2, -0.15) is 0 Å². The number of hydrogen-bond acceptors (Lipinski definition) is 2. The van der Waals surface area contributed by atoms with Crippen molar-refractivity contribution in [2.75, 3.05) is 7.05 Å². The van der Waals surface area contributed by atoms with Gasteiger partial charge in [0, 0.05) is 15.8 Å². The van der Waals surface area contributed by atoms with E-state index >= 15 is 0 Å². The fraction of sp³-hybridized carbons (Fsp3) is 0.286. The van der Waals surface area contributed by atoms with Crippen LogP contribution in [0.4, 0.5) is 8.78 Å². The molecule has 2 rings (SSSR count). The van der Waals surface area contributed by atoms with Gasteiger partial charge in [-0.25, -0.2) is 8.78 Å². The van der Waals surface area contributed by atoms with E-state index in [0.717, 1.165) is 16.5 Å². The van der Waals surface area contributed by atoms with Crippen LogP contribution >= 0.6 is 11.3 Å². The Labute approximate surface area is 109 Å². The molecule has 0 aliphatic carbocycles. The van der Waals surface area contributed by atoms with Crippen molar-refractivity contribution < 1.29 is 8.78 Å². The minimum absolute atomic E-state index is 0.172. The highest BCUT2D eigenvalue weighted by molar-refractivity contribution is 7.12. The molecule has 0 bridgehead atoms. The maximum Gasteiger partial charge on any atom is 0.126 e. The maximum absolute atomic E-state index is 13.3. The number of aryl methyl sites for hydroxylation is 2. The molecule has 1 heterocycles. The molecule has 0 saturated heterocycles. The van der Waals surface area contributed by atoms with Gasteiger partial charge in [0.1, 0.15) is 11.6 Å². The van der Waals surface area contributed by atoms with Crippen LogP contribution in [0.1, 0.15) is 26.9 Å². The maximum atomic E-state index is 13.3. The molecule has 1 aromatic carbocycles. The average Bonchev–Trinajstić information content (AvgIpc) is 2.58. The van der Waals surface area contributed by atoms with E-state index in [1.54, 1.807) is 18.4 Å². The van der Waals surface area contributed by atoms with Gasteiger partial charge in [-0.3, -0.25) is 0 Å². The monoisotopic (exact) mass is 267 g/mol. The second-order valence-corrected chi connectivity index (χ2v) is 5.62. The van der Waals surface area contributed by atoms with Gasteiger partial charge < -0.3 is 5.32 Å². The third-order valence-corrected chi connectivity index (χ3v) is 4.07. The normalized spacial score (nSPS) is 12.7. The molecular formula is C14H15F2NS. The summed E-state index contributed by atoms with van der Waals surface area (Å²) in [4.78, 5) is 2.29. The predicted molar refractivity (Wildman–Crippen MR) is 71.1 cm³/mol. The van der Waals surface area contributed by atoms with E-state index in [9.17, 15) is 8.78 Å². The van der Waals surface area contributed by atoms with Crippen molar-refractivity contribution in [3.8, 4) is 0 Å². The number of halogens is 2. The molecule has 96 valence electrons. The number of nitrogens with one attached hydrogen (secondary N) is 1. The molecular weight excluding hydrogens is 252 g/mol. The van der Waals surface area contributed by atoms with E-state index in [4.69, 9.17) is 0 Å². The number of hydrogen-bond donors (Lipinski definition) is 1. The number of rotatable bonds is 3. The molecule has 1 atom stereocenters. The highest BCUT2D eigenvalue weighted by Gasteiger charge is 2.18. The summed E-state index contributed by atoms with van der Waals surface area (Å²) in [5, 5.41) is 3.12. The van der Waals surface area contributed by atoms with Gasteiger partial charge in [-0.15, -0.1) is 11.3 Å². The van der Waals surface area contributed by atoms with Crippen LogP contribution in [0, 0.1) is 25.5 Å². The van der Waals surface area contributed by atoms with E-state index in [2.05, 4.69) is 11.4 Å². The van der Waals surface area contributed by atoms with E-state index in [0.29, 0.717) is 5.56 Å². The summed E-state index contributed by atoms with van der Waals surface area (Å²) in [5.74, 6) is -1.09. The summed E-state index contributed by atoms with van der Waals surface area (Å²) < 4.78 is 26.6. The average molecular weight is 267 g/mol. The lowest BCUT2D eigenvalue weighted by Crippen LogP contribution is -2.17. The predicted octanol–water partition coefficient (Wildman–Crippen LogP) is 3.95. The van der Waals surface area contributed by atoms with Gasteiger partial charge in [-0.1, -0.05) is 0 Å². The van der Waals surface area contributed by atoms with E-state index in [1.165, 1.54) is 17.0 Å².